The zero-order valence-corrected chi connectivity index (χ0v) is 9.20. The number of amides is 1. The molecule has 0 fully saturated rings. The second-order valence-corrected chi connectivity index (χ2v) is 3.59. The van der Waals surface area contributed by atoms with Gasteiger partial charge in [0.15, 0.2) is 0 Å². The van der Waals surface area contributed by atoms with E-state index in [4.69, 9.17) is 16.6 Å². The fraction of sp³-hybridized carbons (Fsp3) is 0. The smallest absolute Gasteiger partial charge is 0.337 e. The van der Waals surface area contributed by atoms with Crippen molar-refractivity contribution in [1.82, 2.24) is 9.78 Å². The van der Waals surface area contributed by atoms with Gasteiger partial charge in [0.1, 0.15) is 5.69 Å². The summed E-state index contributed by atoms with van der Waals surface area (Å²) in [6, 6.07) is 4.48. The number of carbonyl (C=O) groups is 2. The lowest BCUT2D eigenvalue weighted by molar-refractivity contribution is 0.0696. The number of primary amides is 1. The molecule has 1 aromatic heterocycles. The number of aromatic nitrogens is 2. The van der Waals surface area contributed by atoms with Crippen molar-refractivity contribution in [2.75, 3.05) is 5.73 Å². The van der Waals surface area contributed by atoms with Crippen LogP contribution in [0.1, 0.15) is 20.7 Å². The van der Waals surface area contributed by atoms with Gasteiger partial charge in [-0.25, -0.2) is 9.48 Å². The number of carboxylic acids is 1. The van der Waals surface area contributed by atoms with Crippen LogP contribution < -0.4 is 11.5 Å². The van der Waals surface area contributed by atoms with Crippen molar-refractivity contribution in [1.29, 1.82) is 0 Å². The summed E-state index contributed by atoms with van der Waals surface area (Å²) in [7, 11) is 0. The van der Waals surface area contributed by atoms with E-state index in [9.17, 15) is 9.59 Å². The number of rotatable bonds is 3. The van der Waals surface area contributed by atoms with Gasteiger partial charge in [-0.1, -0.05) is 6.07 Å². The quantitative estimate of drug-likeness (QED) is 0.669. The number of benzene rings is 1. The minimum atomic E-state index is -1.13. The predicted molar refractivity (Wildman–Crippen MR) is 63.5 cm³/mol. The van der Waals surface area contributed by atoms with Crippen molar-refractivity contribution in [2.24, 2.45) is 5.73 Å². The molecular formula is C11H10N4O3. The van der Waals surface area contributed by atoms with Crippen molar-refractivity contribution in [2.45, 2.75) is 0 Å². The topological polar surface area (TPSA) is 124 Å². The first-order valence-electron chi connectivity index (χ1n) is 4.97. The summed E-state index contributed by atoms with van der Waals surface area (Å²) in [5.74, 6) is -1.78. The average molecular weight is 246 g/mol. The molecule has 0 aliphatic carbocycles. The molecule has 0 aliphatic rings. The SMILES string of the molecule is NC(=O)c1cnn(-c2c(N)cccc2C(=O)O)c1. The maximum Gasteiger partial charge on any atom is 0.337 e. The molecule has 2 aromatic rings. The first-order chi connectivity index (χ1) is 8.50. The first-order valence-corrected chi connectivity index (χ1v) is 4.97. The molecule has 0 bridgehead atoms. The summed E-state index contributed by atoms with van der Waals surface area (Å²) < 4.78 is 1.22. The van der Waals surface area contributed by atoms with Crippen molar-refractivity contribution in [3.8, 4) is 5.69 Å². The maximum absolute atomic E-state index is 11.1. The predicted octanol–water partition coefficient (Wildman–Crippen LogP) is 0.252. The molecule has 2 rings (SSSR count). The Kier molecular flexibility index (Phi) is 2.72. The van der Waals surface area contributed by atoms with E-state index < -0.39 is 11.9 Å². The molecular weight excluding hydrogens is 236 g/mol. The molecule has 5 N–H and O–H groups in total. The molecule has 1 heterocycles. The molecule has 0 spiro atoms. The highest BCUT2D eigenvalue weighted by Gasteiger charge is 2.16. The van der Waals surface area contributed by atoms with Gasteiger partial charge >= 0.3 is 5.97 Å². The van der Waals surface area contributed by atoms with Crippen LogP contribution in [0.15, 0.2) is 30.6 Å². The molecule has 92 valence electrons. The zero-order valence-electron chi connectivity index (χ0n) is 9.20. The summed E-state index contributed by atoms with van der Waals surface area (Å²) in [5.41, 5.74) is 11.5. The molecule has 0 saturated carbocycles. The molecule has 0 radical (unpaired) electrons. The molecule has 7 heteroatoms. The maximum atomic E-state index is 11.1. The monoisotopic (exact) mass is 246 g/mol. The number of nitrogens with zero attached hydrogens (tertiary/aromatic N) is 2. The molecule has 0 aliphatic heterocycles. The molecule has 7 nitrogen and oxygen atoms in total. The van der Waals surface area contributed by atoms with Gasteiger partial charge in [-0.05, 0) is 12.1 Å². The first kappa shape index (κ1) is 11.6. The number of carbonyl (C=O) groups excluding carboxylic acids is 1. The van der Waals surface area contributed by atoms with E-state index in [1.54, 1.807) is 6.07 Å². The number of hydrogen-bond donors (Lipinski definition) is 3. The Hall–Kier alpha value is -2.83. The van der Waals surface area contributed by atoms with Crippen LogP contribution in [0.2, 0.25) is 0 Å². The molecule has 0 unspecified atom stereocenters. The Balaban J connectivity index is 2.62. The third-order valence-corrected chi connectivity index (χ3v) is 2.39. The van der Waals surface area contributed by atoms with Gasteiger partial charge in [0.05, 0.1) is 23.0 Å². The van der Waals surface area contributed by atoms with Crippen molar-refractivity contribution < 1.29 is 14.7 Å². The van der Waals surface area contributed by atoms with Gasteiger partial charge in [-0.3, -0.25) is 4.79 Å². The summed E-state index contributed by atoms with van der Waals surface area (Å²) in [5, 5.41) is 13.0. The summed E-state index contributed by atoms with van der Waals surface area (Å²) in [6.45, 7) is 0. The molecule has 1 amide bonds. The van der Waals surface area contributed by atoms with Crippen molar-refractivity contribution >= 4 is 17.6 Å². The Morgan fingerprint density at radius 3 is 2.61 bits per heavy atom. The van der Waals surface area contributed by atoms with Gasteiger partial charge in [0.2, 0.25) is 0 Å². The van der Waals surface area contributed by atoms with E-state index in [-0.39, 0.29) is 22.5 Å². The second-order valence-electron chi connectivity index (χ2n) is 3.59. The molecule has 0 atom stereocenters. The Bertz CT molecular complexity index is 633. The summed E-state index contributed by atoms with van der Waals surface area (Å²) >= 11 is 0. The normalized spacial score (nSPS) is 10.2. The van der Waals surface area contributed by atoms with Crippen LogP contribution in [0.5, 0.6) is 0 Å². The Morgan fingerprint density at radius 2 is 2.06 bits per heavy atom. The number of para-hydroxylation sites is 1. The van der Waals surface area contributed by atoms with Crippen LogP contribution in [0.4, 0.5) is 5.69 Å². The van der Waals surface area contributed by atoms with Gasteiger partial charge in [0, 0.05) is 6.20 Å². The number of hydrogen-bond acceptors (Lipinski definition) is 4. The van der Waals surface area contributed by atoms with Crippen LogP contribution in [0.3, 0.4) is 0 Å². The lowest BCUT2D eigenvalue weighted by Gasteiger charge is -2.08. The van der Waals surface area contributed by atoms with Gasteiger partial charge in [0.25, 0.3) is 5.91 Å². The summed E-state index contributed by atoms with van der Waals surface area (Å²) in [4.78, 5) is 22.1. The lowest BCUT2D eigenvalue weighted by Crippen LogP contribution is -2.11. The van der Waals surface area contributed by atoms with E-state index in [1.165, 1.54) is 29.2 Å². The molecule has 18 heavy (non-hydrogen) atoms. The van der Waals surface area contributed by atoms with Gasteiger partial charge in [-0.15, -0.1) is 0 Å². The highest BCUT2D eigenvalue weighted by Crippen LogP contribution is 2.21. The van der Waals surface area contributed by atoms with Crippen LogP contribution in [-0.4, -0.2) is 26.8 Å². The van der Waals surface area contributed by atoms with Crippen LogP contribution in [0, 0.1) is 0 Å². The van der Waals surface area contributed by atoms with Gasteiger partial charge in [-0.2, -0.15) is 5.10 Å². The second kappa shape index (κ2) is 4.21. The highest BCUT2D eigenvalue weighted by atomic mass is 16.4. The largest absolute Gasteiger partial charge is 0.478 e. The lowest BCUT2D eigenvalue weighted by atomic mass is 10.1. The fourth-order valence-electron chi connectivity index (χ4n) is 1.56. The third kappa shape index (κ3) is 1.88. The van der Waals surface area contributed by atoms with Crippen LogP contribution >= 0.6 is 0 Å². The Labute approximate surface area is 102 Å². The number of carboxylic acid groups (broad SMARTS) is 1. The minimum absolute atomic E-state index is 0.00544. The number of nitrogens with two attached hydrogens (primary N) is 2. The van der Waals surface area contributed by atoms with E-state index in [0.717, 1.165) is 0 Å². The summed E-state index contributed by atoms with van der Waals surface area (Å²) in [6.07, 6.45) is 2.58. The van der Waals surface area contributed by atoms with Crippen LogP contribution in [-0.2, 0) is 0 Å². The standard InChI is InChI=1S/C11H10N4O3/c12-8-3-1-2-7(11(17)18)9(8)15-5-6(4-14-15)10(13)16/h1-5H,12H2,(H2,13,16)(H,17,18). The highest BCUT2D eigenvalue weighted by molar-refractivity contribution is 5.95. The molecule has 0 saturated heterocycles. The number of anilines is 1. The number of aromatic carboxylic acids is 1. The van der Waals surface area contributed by atoms with Crippen LogP contribution in [0.25, 0.3) is 5.69 Å². The van der Waals surface area contributed by atoms with Gasteiger partial charge < -0.3 is 16.6 Å². The fourth-order valence-corrected chi connectivity index (χ4v) is 1.56. The minimum Gasteiger partial charge on any atom is -0.478 e. The van der Waals surface area contributed by atoms with E-state index >= 15 is 0 Å². The van der Waals surface area contributed by atoms with E-state index in [0.29, 0.717) is 0 Å². The Morgan fingerprint density at radius 1 is 1.33 bits per heavy atom. The average Bonchev–Trinajstić information content (AvgIpc) is 2.77. The number of nitrogen functional groups attached to an aromatic ring is 1. The van der Waals surface area contributed by atoms with E-state index in [2.05, 4.69) is 5.10 Å². The zero-order chi connectivity index (χ0) is 13.3. The van der Waals surface area contributed by atoms with E-state index in [1.807, 2.05) is 0 Å². The van der Waals surface area contributed by atoms with Crippen molar-refractivity contribution in [3.63, 3.8) is 0 Å². The third-order valence-electron chi connectivity index (χ3n) is 2.39. The molecule has 1 aromatic carbocycles. The van der Waals surface area contributed by atoms with Crippen molar-refractivity contribution in [3.05, 3.63) is 41.7 Å².